The SMILES string of the molecule is CCCCCCCCCCCOCCN(CCOCCCCCCCCCCC)CCOC(=O)CCN(C)CCN(C)CCC(=O)OCCN(CCOCCCCCCCCCCC)CCOCCCCCCCCCCC. The first-order valence-corrected chi connectivity index (χ1v) is 33.8. The van der Waals surface area contributed by atoms with Crippen LogP contribution >= 0.6 is 0 Å². The molecule has 0 atom stereocenters. The Balaban J connectivity index is 4.55. The van der Waals surface area contributed by atoms with Crippen LogP contribution in [0.15, 0.2) is 0 Å². The lowest BCUT2D eigenvalue weighted by molar-refractivity contribution is -0.145. The van der Waals surface area contributed by atoms with E-state index in [1.807, 2.05) is 14.1 Å². The number of unbranched alkanes of at least 4 members (excludes halogenated alkanes) is 32. The number of hydrogen-bond acceptors (Lipinski definition) is 12. The minimum absolute atomic E-state index is 0.164. The molecule has 0 saturated carbocycles. The van der Waals surface area contributed by atoms with Gasteiger partial charge in [-0.3, -0.25) is 19.4 Å². The lowest BCUT2D eigenvalue weighted by Gasteiger charge is -2.23. The van der Waals surface area contributed by atoms with Crippen LogP contribution in [0.1, 0.15) is 272 Å². The molecule has 466 valence electrons. The van der Waals surface area contributed by atoms with Gasteiger partial charge in [0.15, 0.2) is 0 Å². The summed E-state index contributed by atoms with van der Waals surface area (Å²) in [5, 5.41) is 0. The van der Waals surface area contributed by atoms with Gasteiger partial charge in [-0.25, -0.2) is 0 Å². The fraction of sp³-hybridized carbons (Fsp3) is 0.970. The molecule has 0 aliphatic carbocycles. The van der Waals surface area contributed by atoms with Crippen molar-refractivity contribution in [3.8, 4) is 0 Å². The number of rotatable bonds is 67. The second-order valence-electron chi connectivity index (χ2n) is 23.0. The van der Waals surface area contributed by atoms with E-state index in [0.717, 1.165) is 91.4 Å². The second kappa shape index (κ2) is 64.8. The van der Waals surface area contributed by atoms with Crippen molar-refractivity contribution < 1.29 is 38.0 Å². The van der Waals surface area contributed by atoms with E-state index in [0.29, 0.717) is 78.7 Å². The minimum Gasteiger partial charge on any atom is -0.464 e. The summed E-state index contributed by atoms with van der Waals surface area (Å²) in [6.45, 7) is 23.3. The molecule has 12 nitrogen and oxygen atoms in total. The summed E-state index contributed by atoms with van der Waals surface area (Å²) in [7, 11) is 4.08. The molecule has 0 aromatic carbocycles. The van der Waals surface area contributed by atoms with Crippen LogP contribution in [0.4, 0.5) is 0 Å². The zero-order valence-electron chi connectivity index (χ0n) is 53.1. The van der Waals surface area contributed by atoms with E-state index < -0.39 is 0 Å². The van der Waals surface area contributed by atoms with Crippen molar-refractivity contribution in [2.24, 2.45) is 0 Å². The van der Waals surface area contributed by atoms with Crippen LogP contribution in [-0.2, 0) is 38.0 Å². The first kappa shape index (κ1) is 76.6. The summed E-state index contributed by atoms with van der Waals surface area (Å²) in [4.78, 5) is 34.6. The molecule has 0 aromatic rings. The molecule has 0 fully saturated rings. The fourth-order valence-electron chi connectivity index (χ4n) is 9.76. The maximum atomic E-state index is 12.8. The van der Waals surface area contributed by atoms with Gasteiger partial charge in [0.2, 0.25) is 0 Å². The van der Waals surface area contributed by atoms with Crippen LogP contribution in [0.2, 0.25) is 0 Å². The molecular formula is C66H134N4O8. The Hall–Kier alpha value is -1.38. The average molecular weight is 1110 g/mol. The maximum Gasteiger partial charge on any atom is 0.307 e. The molecule has 0 bridgehead atoms. The summed E-state index contributed by atoms with van der Waals surface area (Å²) < 4.78 is 35.7. The highest BCUT2D eigenvalue weighted by atomic mass is 16.5. The van der Waals surface area contributed by atoms with Gasteiger partial charge in [-0.2, -0.15) is 0 Å². The van der Waals surface area contributed by atoms with E-state index in [4.69, 9.17) is 28.4 Å². The van der Waals surface area contributed by atoms with Gasteiger partial charge >= 0.3 is 11.9 Å². The molecule has 0 aromatic heterocycles. The molecular weight excluding hydrogens is 977 g/mol. The average Bonchev–Trinajstić information content (AvgIpc) is 3.44. The standard InChI is InChI=1S/C66H134N4O8/c1-7-11-15-19-23-27-31-35-39-55-73-59-49-69(50-60-74-56-40-36-32-28-24-20-16-12-8-2)53-63-77-65(71)43-45-67(5)47-48-68(6)46-44-66(72)78-64-54-70(51-61-75-57-41-37-33-29-25-21-17-13-9-3)52-62-76-58-42-38-34-30-26-22-18-14-10-4/h7-64H2,1-6H3. The normalized spacial score (nSPS) is 11.9. The molecule has 12 heteroatoms. The highest BCUT2D eigenvalue weighted by molar-refractivity contribution is 5.69. The first-order chi connectivity index (χ1) is 38.4. The number of hydrogen-bond donors (Lipinski definition) is 0. The topological polar surface area (TPSA) is 102 Å². The van der Waals surface area contributed by atoms with Gasteiger partial charge in [-0.1, -0.05) is 233 Å². The third-order valence-corrected chi connectivity index (χ3v) is 15.4. The molecule has 78 heavy (non-hydrogen) atoms. The molecule has 0 N–H and O–H groups in total. The Morgan fingerprint density at radius 3 is 0.679 bits per heavy atom. The molecule has 0 spiro atoms. The molecule has 0 amide bonds. The second-order valence-corrected chi connectivity index (χ2v) is 23.0. The van der Waals surface area contributed by atoms with Gasteiger partial charge in [-0.15, -0.1) is 0 Å². The summed E-state index contributed by atoms with van der Waals surface area (Å²) >= 11 is 0. The van der Waals surface area contributed by atoms with Crippen molar-refractivity contribution in [3.63, 3.8) is 0 Å². The maximum absolute atomic E-state index is 12.8. The number of likely N-dealkylation sites (N-methyl/N-ethyl adjacent to an activating group) is 2. The Morgan fingerprint density at radius 1 is 0.244 bits per heavy atom. The van der Waals surface area contributed by atoms with Crippen LogP contribution in [0, 0.1) is 0 Å². The van der Waals surface area contributed by atoms with Crippen molar-refractivity contribution in [1.82, 2.24) is 19.6 Å². The molecule has 0 radical (unpaired) electrons. The zero-order valence-corrected chi connectivity index (χ0v) is 53.1. The minimum atomic E-state index is -0.164. The van der Waals surface area contributed by atoms with Crippen LogP contribution in [-0.4, -0.2) is 177 Å². The predicted octanol–water partition coefficient (Wildman–Crippen LogP) is 15.5. The quantitative estimate of drug-likeness (QED) is 0.0428. The zero-order chi connectivity index (χ0) is 56.7. The van der Waals surface area contributed by atoms with E-state index >= 15 is 0 Å². The van der Waals surface area contributed by atoms with Crippen molar-refractivity contribution in [2.45, 2.75) is 272 Å². The first-order valence-electron chi connectivity index (χ1n) is 33.8. The van der Waals surface area contributed by atoms with E-state index in [-0.39, 0.29) is 11.9 Å². The van der Waals surface area contributed by atoms with E-state index in [2.05, 4.69) is 47.3 Å². The Labute approximate surface area is 485 Å². The summed E-state index contributed by atoms with van der Waals surface area (Å²) in [5.74, 6) is -0.328. The highest BCUT2D eigenvalue weighted by Gasteiger charge is 2.13. The molecule has 0 heterocycles. The number of esters is 2. The van der Waals surface area contributed by atoms with Crippen molar-refractivity contribution in [2.75, 3.05) is 146 Å². The van der Waals surface area contributed by atoms with Gasteiger partial charge in [0.1, 0.15) is 13.2 Å². The van der Waals surface area contributed by atoms with Crippen molar-refractivity contribution in [1.29, 1.82) is 0 Å². The third kappa shape index (κ3) is 60.7. The molecule has 0 rings (SSSR count). The largest absolute Gasteiger partial charge is 0.464 e. The number of nitrogens with zero attached hydrogens (tertiary/aromatic N) is 4. The Bertz CT molecular complexity index is 1040. The summed E-state index contributed by atoms with van der Waals surface area (Å²) in [6.07, 6.45) is 48.0. The lowest BCUT2D eigenvalue weighted by Crippen LogP contribution is -2.35. The lowest BCUT2D eigenvalue weighted by atomic mass is 10.1. The molecule has 0 aliphatic rings. The predicted molar refractivity (Wildman–Crippen MR) is 331 cm³/mol. The van der Waals surface area contributed by atoms with Crippen molar-refractivity contribution >= 4 is 11.9 Å². The van der Waals surface area contributed by atoms with E-state index in [1.54, 1.807) is 0 Å². The molecule has 0 unspecified atom stereocenters. The molecule has 0 saturated heterocycles. The van der Waals surface area contributed by atoms with Crippen LogP contribution < -0.4 is 0 Å². The number of ether oxygens (including phenoxy) is 6. The van der Waals surface area contributed by atoms with E-state index in [1.165, 1.54) is 205 Å². The molecule has 0 aliphatic heterocycles. The van der Waals surface area contributed by atoms with Gasteiger partial charge in [0.05, 0.1) is 39.3 Å². The van der Waals surface area contributed by atoms with Crippen LogP contribution in [0.25, 0.3) is 0 Å². The van der Waals surface area contributed by atoms with Crippen molar-refractivity contribution in [3.05, 3.63) is 0 Å². The summed E-state index contributed by atoms with van der Waals surface area (Å²) in [5.41, 5.74) is 0. The Morgan fingerprint density at radius 2 is 0.449 bits per heavy atom. The highest BCUT2D eigenvalue weighted by Crippen LogP contribution is 2.13. The van der Waals surface area contributed by atoms with Gasteiger partial charge < -0.3 is 38.2 Å². The van der Waals surface area contributed by atoms with Gasteiger partial charge in [-0.05, 0) is 39.8 Å². The monoisotopic (exact) mass is 1110 g/mol. The summed E-state index contributed by atoms with van der Waals surface area (Å²) in [6, 6.07) is 0. The smallest absolute Gasteiger partial charge is 0.307 e. The van der Waals surface area contributed by atoms with Gasteiger partial charge in [0.25, 0.3) is 0 Å². The van der Waals surface area contributed by atoms with Gasteiger partial charge in [0, 0.05) is 91.9 Å². The fourth-order valence-corrected chi connectivity index (χ4v) is 9.76. The van der Waals surface area contributed by atoms with Crippen LogP contribution in [0.5, 0.6) is 0 Å². The number of carbonyl (C=O) groups is 2. The van der Waals surface area contributed by atoms with Crippen LogP contribution in [0.3, 0.4) is 0 Å². The Kier molecular flexibility index (Phi) is 63.6. The third-order valence-electron chi connectivity index (χ3n) is 15.4. The number of carbonyl (C=O) groups excluding carboxylic acids is 2. The van der Waals surface area contributed by atoms with E-state index in [9.17, 15) is 9.59 Å².